The first-order valence-electron chi connectivity index (χ1n) is 9.58. The van der Waals surface area contributed by atoms with Gasteiger partial charge in [0.1, 0.15) is 12.4 Å². The number of hydrogen-bond acceptors (Lipinski definition) is 6. The first-order chi connectivity index (χ1) is 14.5. The Kier molecular flexibility index (Phi) is 5.11. The van der Waals surface area contributed by atoms with Gasteiger partial charge in [-0.2, -0.15) is 0 Å². The van der Waals surface area contributed by atoms with E-state index < -0.39 is 11.9 Å². The maximum absolute atomic E-state index is 13.2. The second kappa shape index (κ2) is 7.74. The molecule has 2 aromatic rings. The lowest BCUT2D eigenvalue weighted by Crippen LogP contribution is -2.37. The minimum atomic E-state index is -0.502. The van der Waals surface area contributed by atoms with Gasteiger partial charge < -0.3 is 18.9 Å². The van der Waals surface area contributed by atoms with Gasteiger partial charge >= 0.3 is 5.97 Å². The van der Waals surface area contributed by atoms with Gasteiger partial charge in [0.25, 0.3) is 0 Å². The third-order valence-corrected chi connectivity index (χ3v) is 5.49. The van der Waals surface area contributed by atoms with Crippen molar-refractivity contribution in [3.63, 3.8) is 0 Å². The molecule has 1 atom stereocenters. The summed E-state index contributed by atoms with van der Waals surface area (Å²) in [6.07, 6.45) is 0.105. The molecule has 4 rings (SSSR count). The number of carbonyl (C=O) groups is 2. The molecule has 0 unspecified atom stereocenters. The van der Waals surface area contributed by atoms with Crippen LogP contribution >= 0.6 is 0 Å². The molecule has 0 fully saturated rings. The number of methoxy groups -OCH3 is 3. The van der Waals surface area contributed by atoms with E-state index in [0.717, 1.165) is 11.3 Å². The first kappa shape index (κ1) is 19.8. The number of esters is 1. The highest BCUT2D eigenvalue weighted by molar-refractivity contribution is 6.06. The van der Waals surface area contributed by atoms with Gasteiger partial charge in [-0.1, -0.05) is 12.1 Å². The zero-order valence-corrected chi connectivity index (χ0v) is 17.4. The predicted molar refractivity (Wildman–Crippen MR) is 110 cm³/mol. The van der Waals surface area contributed by atoms with Crippen LogP contribution in [-0.4, -0.2) is 39.8 Å². The van der Waals surface area contributed by atoms with Crippen LogP contribution in [0.4, 0.5) is 5.69 Å². The Bertz CT molecular complexity index is 1060. The van der Waals surface area contributed by atoms with Gasteiger partial charge in [0.2, 0.25) is 5.91 Å². The highest BCUT2D eigenvalue weighted by atomic mass is 16.5. The Balaban J connectivity index is 1.87. The highest BCUT2D eigenvalue weighted by Gasteiger charge is 2.44. The van der Waals surface area contributed by atoms with E-state index in [1.165, 1.54) is 21.3 Å². The maximum atomic E-state index is 13.2. The second-order valence-electron chi connectivity index (χ2n) is 7.21. The number of anilines is 1. The molecule has 0 N–H and O–H groups in total. The number of rotatable bonds is 5. The Morgan fingerprint density at radius 2 is 1.67 bits per heavy atom. The summed E-state index contributed by atoms with van der Waals surface area (Å²) in [5.74, 6) is 0.482. The second-order valence-corrected chi connectivity index (χ2v) is 7.21. The van der Waals surface area contributed by atoms with Crippen LogP contribution in [0.1, 0.15) is 23.5 Å². The monoisotopic (exact) mass is 409 g/mol. The highest BCUT2D eigenvalue weighted by Crippen LogP contribution is 2.47. The van der Waals surface area contributed by atoms with E-state index in [1.807, 2.05) is 31.2 Å². The molecule has 0 aromatic heterocycles. The van der Waals surface area contributed by atoms with Crippen LogP contribution in [0.25, 0.3) is 0 Å². The summed E-state index contributed by atoms with van der Waals surface area (Å²) >= 11 is 0. The van der Waals surface area contributed by atoms with Crippen LogP contribution in [-0.2, 0) is 14.3 Å². The normalized spacial score (nSPS) is 18.3. The summed E-state index contributed by atoms with van der Waals surface area (Å²) in [5, 5.41) is 0. The largest absolute Gasteiger partial charge is 0.496 e. The summed E-state index contributed by atoms with van der Waals surface area (Å²) in [4.78, 5) is 27.5. The minimum absolute atomic E-state index is 0.0555. The fourth-order valence-electron chi connectivity index (χ4n) is 4.11. The number of amides is 1. The fraction of sp³-hybridized carbons (Fsp3) is 0.304. The van der Waals surface area contributed by atoms with E-state index in [1.54, 1.807) is 17.0 Å². The third-order valence-electron chi connectivity index (χ3n) is 5.49. The van der Waals surface area contributed by atoms with E-state index >= 15 is 0 Å². The summed E-state index contributed by atoms with van der Waals surface area (Å²) in [6.45, 7) is 2.01. The van der Waals surface area contributed by atoms with Crippen LogP contribution < -0.4 is 19.1 Å². The van der Waals surface area contributed by atoms with Crippen molar-refractivity contribution in [1.29, 1.82) is 0 Å². The molecule has 2 heterocycles. The number of cyclic esters (lactones) is 1. The van der Waals surface area contributed by atoms with Crippen LogP contribution in [0.3, 0.4) is 0 Å². The van der Waals surface area contributed by atoms with Crippen molar-refractivity contribution >= 4 is 17.6 Å². The van der Waals surface area contributed by atoms with Crippen molar-refractivity contribution in [2.75, 3.05) is 32.8 Å². The fourth-order valence-corrected chi connectivity index (χ4v) is 4.11. The summed E-state index contributed by atoms with van der Waals surface area (Å²) in [6, 6.07) is 11.1. The molecule has 0 spiro atoms. The molecule has 0 saturated heterocycles. The van der Waals surface area contributed by atoms with E-state index in [4.69, 9.17) is 18.9 Å². The lowest BCUT2D eigenvalue weighted by molar-refractivity contribution is -0.136. The van der Waals surface area contributed by atoms with Crippen molar-refractivity contribution < 1.29 is 28.5 Å². The van der Waals surface area contributed by atoms with Gasteiger partial charge in [-0.05, 0) is 30.7 Å². The van der Waals surface area contributed by atoms with Gasteiger partial charge in [0.15, 0.2) is 11.5 Å². The van der Waals surface area contributed by atoms with E-state index in [-0.39, 0.29) is 18.9 Å². The van der Waals surface area contributed by atoms with E-state index in [0.29, 0.717) is 34.1 Å². The van der Waals surface area contributed by atoms with Gasteiger partial charge in [-0.15, -0.1) is 0 Å². The number of hydrogen-bond donors (Lipinski definition) is 0. The summed E-state index contributed by atoms with van der Waals surface area (Å²) in [5.41, 5.74) is 3.48. The predicted octanol–water partition coefficient (Wildman–Crippen LogP) is 3.35. The summed E-state index contributed by atoms with van der Waals surface area (Å²) in [7, 11) is 4.61. The van der Waals surface area contributed by atoms with Crippen LogP contribution in [0.15, 0.2) is 47.7 Å². The zero-order valence-electron chi connectivity index (χ0n) is 17.4. The molecular formula is C23H23NO6. The number of aryl methyl sites for hydroxylation is 1. The van der Waals surface area contributed by atoms with Crippen LogP contribution in [0.5, 0.6) is 17.2 Å². The molecule has 2 aliphatic heterocycles. The van der Waals surface area contributed by atoms with Crippen LogP contribution in [0, 0.1) is 6.92 Å². The molecule has 2 aliphatic rings. The third kappa shape index (κ3) is 3.16. The lowest BCUT2D eigenvalue weighted by Gasteiger charge is -2.32. The molecule has 0 radical (unpaired) electrons. The van der Waals surface area contributed by atoms with Crippen molar-refractivity contribution in [3.8, 4) is 17.2 Å². The lowest BCUT2D eigenvalue weighted by atomic mass is 9.83. The molecule has 0 bridgehead atoms. The number of nitrogens with zero attached hydrogens (tertiary/aromatic N) is 1. The number of benzene rings is 2. The van der Waals surface area contributed by atoms with E-state index in [2.05, 4.69) is 0 Å². The van der Waals surface area contributed by atoms with Crippen LogP contribution in [0.2, 0.25) is 0 Å². The molecule has 1 amide bonds. The van der Waals surface area contributed by atoms with Gasteiger partial charge in [-0.3, -0.25) is 9.69 Å². The standard InChI is InChI=1S/C23H23NO6/c1-13-6-5-7-14(8-13)24-17-12-30-23(26)22(17)16(10-21(24)25)15-9-19(28-3)20(29-4)11-18(15)27-2/h5-9,11,16H,10,12H2,1-4H3/t16-/m1/s1. The molecule has 2 aromatic carbocycles. The Hall–Kier alpha value is -3.48. The minimum Gasteiger partial charge on any atom is -0.496 e. The number of carbonyl (C=O) groups excluding carboxylic acids is 2. The molecule has 7 heteroatoms. The van der Waals surface area contributed by atoms with Crippen molar-refractivity contribution in [2.45, 2.75) is 19.3 Å². The molecular weight excluding hydrogens is 386 g/mol. The van der Waals surface area contributed by atoms with Gasteiger partial charge in [0.05, 0.1) is 32.6 Å². The molecule has 30 heavy (non-hydrogen) atoms. The molecule has 0 saturated carbocycles. The zero-order chi connectivity index (χ0) is 21.4. The Labute approximate surface area is 174 Å². The molecule has 7 nitrogen and oxygen atoms in total. The van der Waals surface area contributed by atoms with Crippen molar-refractivity contribution in [3.05, 3.63) is 58.8 Å². The Morgan fingerprint density at radius 1 is 0.967 bits per heavy atom. The SMILES string of the molecule is COc1cc(OC)c([C@H]2CC(=O)N(c3cccc(C)c3)C3=C2C(=O)OC3)cc1OC. The van der Waals surface area contributed by atoms with Crippen molar-refractivity contribution in [1.82, 2.24) is 0 Å². The smallest absolute Gasteiger partial charge is 0.336 e. The topological polar surface area (TPSA) is 74.3 Å². The first-order valence-corrected chi connectivity index (χ1v) is 9.58. The van der Waals surface area contributed by atoms with Gasteiger partial charge in [-0.25, -0.2) is 4.79 Å². The maximum Gasteiger partial charge on any atom is 0.336 e. The van der Waals surface area contributed by atoms with Crippen molar-refractivity contribution in [2.24, 2.45) is 0 Å². The number of ether oxygens (including phenoxy) is 4. The average Bonchev–Trinajstić information content (AvgIpc) is 3.13. The van der Waals surface area contributed by atoms with E-state index in [9.17, 15) is 9.59 Å². The molecule has 0 aliphatic carbocycles. The quantitative estimate of drug-likeness (QED) is 0.705. The Morgan fingerprint density at radius 3 is 2.33 bits per heavy atom. The molecule has 156 valence electrons. The average molecular weight is 409 g/mol. The van der Waals surface area contributed by atoms with Gasteiger partial charge in [0, 0.05) is 29.7 Å². The summed E-state index contributed by atoms with van der Waals surface area (Å²) < 4.78 is 21.7.